The standard InChI is InChI=1S/C23H18N4O2/c1-12-7-13(2)25-21(12)10-19-18-9-15(5-6-20(18)26-22(19)28)14-3-4-16-11-24-27-23(29)17(16)8-14/h3-11,25H,1-2H3,(H,26,28)(H,27,29)/b19-10-. The Hall–Kier alpha value is -3.93. The van der Waals surface area contributed by atoms with Crippen LogP contribution < -0.4 is 10.9 Å². The van der Waals surface area contributed by atoms with Crippen LogP contribution in [0.4, 0.5) is 5.69 Å². The molecule has 0 saturated carbocycles. The van der Waals surface area contributed by atoms with E-state index >= 15 is 0 Å². The van der Waals surface area contributed by atoms with E-state index in [1.165, 1.54) is 0 Å². The van der Waals surface area contributed by atoms with E-state index in [0.29, 0.717) is 11.0 Å². The summed E-state index contributed by atoms with van der Waals surface area (Å²) in [6.07, 6.45) is 3.53. The van der Waals surface area contributed by atoms with E-state index in [9.17, 15) is 9.59 Å². The molecule has 0 bridgehead atoms. The van der Waals surface area contributed by atoms with Crippen LogP contribution in [0.2, 0.25) is 0 Å². The zero-order valence-electron chi connectivity index (χ0n) is 16.0. The van der Waals surface area contributed by atoms with Gasteiger partial charge in [0.05, 0.1) is 17.2 Å². The molecule has 4 aromatic rings. The topological polar surface area (TPSA) is 90.6 Å². The lowest BCUT2D eigenvalue weighted by atomic mass is 9.97. The first-order valence-electron chi connectivity index (χ1n) is 9.31. The van der Waals surface area contributed by atoms with Gasteiger partial charge in [-0.1, -0.05) is 18.2 Å². The van der Waals surface area contributed by atoms with Gasteiger partial charge in [0.25, 0.3) is 11.5 Å². The van der Waals surface area contributed by atoms with Crippen molar-refractivity contribution in [1.29, 1.82) is 0 Å². The second-order valence-corrected chi connectivity index (χ2v) is 7.32. The third-order valence-electron chi connectivity index (χ3n) is 5.28. The summed E-state index contributed by atoms with van der Waals surface area (Å²) in [6.45, 7) is 4.01. The van der Waals surface area contributed by atoms with Crippen LogP contribution in [-0.4, -0.2) is 21.1 Å². The lowest BCUT2D eigenvalue weighted by molar-refractivity contribution is -0.110. The number of aromatic amines is 2. The number of fused-ring (bicyclic) bond motifs is 2. The van der Waals surface area contributed by atoms with Crippen molar-refractivity contribution in [2.24, 2.45) is 0 Å². The number of aromatic nitrogens is 3. The molecule has 5 rings (SSSR count). The summed E-state index contributed by atoms with van der Waals surface area (Å²) in [5.41, 5.74) is 6.95. The number of amides is 1. The van der Waals surface area contributed by atoms with Crippen molar-refractivity contribution in [2.75, 3.05) is 5.32 Å². The third kappa shape index (κ3) is 2.86. The highest BCUT2D eigenvalue weighted by molar-refractivity contribution is 6.35. The molecule has 0 unspecified atom stereocenters. The van der Waals surface area contributed by atoms with Crippen LogP contribution in [0, 0.1) is 13.8 Å². The maximum atomic E-state index is 12.6. The fourth-order valence-corrected chi connectivity index (χ4v) is 3.82. The SMILES string of the molecule is Cc1cc(C)c(/C=C2\C(=O)Nc3ccc(-c4ccc5cn[nH]c(=O)c5c4)cc32)[nH]1. The molecule has 0 spiro atoms. The number of hydrogen-bond donors (Lipinski definition) is 3. The molecule has 0 atom stereocenters. The molecule has 142 valence electrons. The summed E-state index contributed by atoms with van der Waals surface area (Å²) < 4.78 is 0. The smallest absolute Gasteiger partial charge is 0.272 e. The van der Waals surface area contributed by atoms with Gasteiger partial charge >= 0.3 is 0 Å². The largest absolute Gasteiger partial charge is 0.359 e. The number of hydrogen-bond acceptors (Lipinski definition) is 3. The van der Waals surface area contributed by atoms with Crippen LogP contribution in [0.15, 0.2) is 53.5 Å². The molecular weight excluding hydrogens is 364 g/mol. The van der Waals surface area contributed by atoms with Gasteiger partial charge in [-0.05, 0) is 60.9 Å². The molecule has 1 amide bonds. The van der Waals surface area contributed by atoms with Gasteiger partial charge in [0, 0.05) is 28.0 Å². The van der Waals surface area contributed by atoms with Gasteiger partial charge in [-0.2, -0.15) is 5.10 Å². The predicted octanol–water partition coefficient (Wildman–Crippen LogP) is 4.03. The molecule has 6 heteroatoms. The average Bonchev–Trinajstić information content (AvgIpc) is 3.19. The molecule has 3 heterocycles. The van der Waals surface area contributed by atoms with E-state index in [1.807, 2.05) is 56.3 Å². The minimum absolute atomic E-state index is 0.121. The lowest BCUT2D eigenvalue weighted by Gasteiger charge is -2.06. The van der Waals surface area contributed by atoms with Crippen molar-refractivity contribution < 1.29 is 4.79 Å². The van der Waals surface area contributed by atoms with Gasteiger partial charge in [-0.15, -0.1) is 0 Å². The highest BCUT2D eigenvalue weighted by Crippen LogP contribution is 2.36. The number of aryl methyl sites for hydroxylation is 2. The third-order valence-corrected chi connectivity index (χ3v) is 5.28. The van der Waals surface area contributed by atoms with Crippen molar-refractivity contribution >= 4 is 34.0 Å². The van der Waals surface area contributed by atoms with Gasteiger partial charge < -0.3 is 10.3 Å². The molecule has 1 aliphatic rings. The molecule has 2 aromatic heterocycles. The van der Waals surface area contributed by atoms with Crippen molar-refractivity contribution in [2.45, 2.75) is 13.8 Å². The average molecular weight is 382 g/mol. The molecule has 2 aromatic carbocycles. The Morgan fingerprint density at radius 3 is 2.55 bits per heavy atom. The van der Waals surface area contributed by atoms with Crippen LogP contribution in [0.3, 0.4) is 0 Å². The zero-order chi connectivity index (χ0) is 20.1. The Labute approximate surface area is 166 Å². The molecule has 29 heavy (non-hydrogen) atoms. The van der Waals surface area contributed by atoms with E-state index in [4.69, 9.17) is 0 Å². The summed E-state index contributed by atoms with van der Waals surface area (Å²) >= 11 is 0. The molecule has 0 radical (unpaired) electrons. The fraction of sp³-hybridized carbons (Fsp3) is 0.0870. The Bertz CT molecular complexity index is 1390. The Balaban J connectivity index is 1.64. The second-order valence-electron chi connectivity index (χ2n) is 7.32. The van der Waals surface area contributed by atoms with E-state index in [-0.39, 0.29) is 11.5 Å². The maximum absolute atomic E-state index is 12.6. The molecule has 0 aliphatic carbocycles. The summed E-state index contributed by atoms with van der Waals surface area (Å²) in [5, 5.41) is 10.6. The monoisotopic (exact) mass is 382 g/mol. The highest BCUT2D eigenvalue weighted by Gasteiger charge is 2.25. The first-order chi connectivity index (χ1) is 14.0. The Morgan fingerprint density at radius 1 is 0.966 bits per heavy atom. The molecule has 0 saturated heterocycles. The van der Waals surface area contributed by atoms with Crippen molar-refractivity contribution in [3.8, 4) is 11.1 Å². The minimum Gasteiger partial charge on any atom is -0.359 e. The van der Waals surface area contributed by atoms with Gasteiger partial charge in [-0.3, -0.25) is 9.59 Å². The van der Waals surface area contributed by atoms with E-state index < -0.39 is 0 Å². The quantitative estimate of drug-likeness (QED) is 0.457. The van der Waals surface area contributed by atoms with Crippen LogP contribution in [-0.2, 0) is 4.79 Å². The molecular formula is C23H18N4O2. The molecule has 3 N–H and O–H groups in total. The maximum Gasteiger partial charge on any atom is 0.272 e. The van der Waals surface area contributed by atoms with Gasteiger partial charge in [0.1, 0.15) is 0 Å². The minimum atomic E-state index is -0.222. The van der Waals surface area contributed by atoms with Gasteiger partial charge in [-0.25, -0.2) is 5.10 Å². The predicted molar refractivity (Wildman–Crippen MR) is 115 cm³/mol. The number of anilines is 1. The lowest BCUT2D eigenvalue weighted by Crippen LogP contribution is -2.07. The van der Waals surface area contributed by atoms with E-state index in [2.05, 4.69) is 26.6 Å². The molecule has 1 aliphatic heterocycles. The van der Waals surface area contributed by atoms with Crippen LogP contribution in [0.5, 0.6) is 0 Å². The van der Waals surface area contributed by atoms with Crippen molar-refractivity contribution in [1.82, 2.24) is 15.2 Å². The van der Waals surface area contributed by atoms with Gasteiger partial charge in [0.2, 0.25) is 0 Å². The number of nitrogens with one attached hydrogen (secondary N) is 3. The summed E-state index contributed by atoms with van der Waals surface area (Å²) in [6, 6.07) is 13.6. The fourth-order valence-electron chi connectivity index (χ4n) is 3.82. The first kappa shape index (κ1) is 17.2. The van der Waals surface area contributed by atoms with Crippen LogP contribution in [0.25, 0.3) is 33.5 Å². The number of H-pyrrole nitrogens is 2. The Morgan fingerprint density at radius 2 is 1.76 bits per heavy atom. The number of carbonyl (C=O) groups is 1. The van der Waals surface area contributed by atoms with Crippen LogP contribution >= 0.6 is 0 Å². The van der Waals surface area contributed by atoms with Crippen molar-refractivity contribution in [3.05, 3.63) is 81.5 Å². The first-order valence-corrected chi connectivity index (χ1v) is 9.31. The zero-order valence-corrected chi connectivity index (χ0v) is 16.0. The number of benzene rings is 2. The normalized spacial score (nSPS) is 14.4. The van der Waals surface area contributed by atoms with E-state index in [0.717, 1.165) is 44.7 Å². The summed E-state index contributed by atoms with van der Waals surface area (Å²) in [7, 11) is 0. The van der Waals surface area contributed by atoms with Crippen LogP contribution in [0.1, 0.15) is 22.5 Å². The number of rotatable bonds is 2. The molecule has 0 fully saturated rings. The summed E-state index contributed by atoms with van der Waals surface area (Å²) in [5.74, 6) is -0.121. The Kier molecular flexibility index (Phi) is 3.74. The second kappa shape index (κ2) is 6.31. The number of nitrogens with zero attached hydrogens (tertiary/aromatic N) is 1. The highest BCUT2D eigenvalue weighted by atomic mass is 16.2. The van der Waals surface area contributed by atoms with Crippen molar-refractivity contribution in [3.63, 3.8) is 0 Å². The summed E-state index contributed by atoms with van der Waals surface area (Å²) in [4.78, 5) is 28.0. The van der Waals surface area contributed by atoms with Gasteiger partial charge in [0.15, 0.2) is 0 Å². The number of carbonyl (C=O) groups excluding carboxylic acids is 1. The van der Waals surface area contributed by atoms with E-state index in [1.54, 1.807) is 6.20 Å². The molecule has 6 nitrogen and oxygen atoms in total.